The summed E-state index contributed by atoms with van der Waals surface area (Å²) in [6.07, 6.45) is 2.47. The van der Waals surface area contributed by atoms with Crippen LogP contribution in [-0.2, 0) is 0 Å². The van der Waals surface area contributed by atoms with E-state index in [9.17, 15) is 4.79 Å². The predicted octanol–water partition coefficient (Wildman–Crippen LogP) is 1.86. The lowest BCUT2D eigenvalue weighted by molar-refractivity contribution is 0.0697. The number of aromatic carboxylic acids is 1. The van der Waals surface area contributed by atoms with Gasteiger partial charge in [-0.1, -0.05) is 6.92 Å². The van der Waals surface area contributed by atoms with Gasteiger partial charge in [0, 0.05) is 6.20 Å². The number of nitrogens with zero attached hydrogens (tertiary/aromatic N) is 1. The summed E-state index contributed by atoms with van der Waals surface area (Å²) in [5.74, 6) is -0.122. The summed E-state index contributed by atoms with van der Waals surface area (Å²) >= 11 is 1.48. The van der Waals surface area contributed by atoms with Crippen LogP contribution < -0.4 is 5.73 Å². The van der Waals surface area contributed by atoms with Crippen LogP contribution in [0.5, 0.6) is 0 Å². The van der Waals surface area contributed by atoms with Gasteiger partial charge in [0.2, 0.25) is 0 Å². The number of carbonyl (C=O) groups is 1. The molecule has 4 nitrogen and oxygen atoms in total. The smallest absolute Gasteiger partial charge is 0.337 e. The summed E-state index contributed by atoms with van der Waals surface area (Å²) in [4.78, 5) is 14.8. The standard InChI is InChI=1S/C9H12N2O2S/c1-2-5-14-8-7(10)6(9(12)13)3-4-11-8/h3-4H,2,5,10H2,1H3,(H,12,13). The normalized spacial score (nSPS) is 10.1. The zero-order valence-corrected chi connectivity index (χ0v) is 8.67. The number of anilines is 1. The molecule has 0 atom stereocenters. The van der Waals surface area contributed by atoms with E-state index >= 15 is 0 Å². The van der Waals surface area contributed by atoms with Crippen molar-refractivity contribution in [2.75, 3.05) is 11.5 Å². The zero-order valence-electron chi connectivity index (χ0n) is 7.86. The molecule has 1 rings (SSSR count). The molecule has 1 heterocycles. The number of hydrogen-bond acceptors (Lipinski definition) is 4. The molecule has 76 valence electrons. The summed E-state index contributed by atoms with van der Waals surface area (Å²) < 4.78 is 0. The van der Waals surface area contributed by atoms with Gasteiger partial charge in [-0.3, -0.25) is 0 Å². The molecular formula is C9H12N2O2S. The molecule has 0 aliphatic heterocycles. The van der Waals surface area contributed by atoms with E-state index in [0.717, 1.165) is 12.2 Å². The fourth-order valence-electron chi connectivity index (χ4n) is 0.954. The van der Waals surface area contributed by atoms with E-state index in [1.165, 1.54) is 24.0 Å². The Labute approximate surface area is 86.5 Å². The third kappa shape index (κ3) is 2.38. The maximum Gasteiger partial charge on any atom is 0.337 e. The average molecular weight is 212 g/mol. The molecule has 0 aliphatic rings. The summed E-state index contributed by atoms with van der Waals surface area (Å²) in [6, 6.07) is 1.41. The Bertz CT molecular complexity index is 342. The van der Waals surface area contributed by atoms with Gasteiger partial charge in [0.15, 0.2) is 0 Å². The van der Waals surface area contributed by atoms with Crippen molar-refractivity contribution in [1.82, 2.24) is 4.98 Å². The number of aromatic nitrogens is 1. The molecule has 0 saturated carbocycles. The fourth-order valence-corrected chi connectivity index (χ4v) is 1.75. The number of nitrogens with two attached hydrogens (primary N) is 1. The van der Waals surface area contributed by atoms with Crippen LogP contribution in [0.1, 0.15) is 23.7 Å². The Hall–Kier alpha value is -1.23. The molecule has 0 bridgehead atoms. The van der Waals surface area contributed by atoms with Crippen LogP contribution in [0.25, 0.3) is 0 Å². The van der Waals surface area contributed by atoms with Crippen molar-refractivity contribution in [2.45, 2.75) is 18.4 Å². The average Bonchev–Trinajstić information content (AvgIpc) is 2.16. The minimum absolute atomic E-state index is 0.124. The van der Waals surface area contributed by atoms with E-state index in [0.29, 0.717) is 5.03 Å². The van der Waals surface area contributed by atoms with Crippen LogP contribution in [0.4, 0.5) is 5.69 Å². The van der Waals surface area contributed by atoms with Crippen molar-refractivity contribution < 1.29 is 9.90 Å². The van der Waals surface area contributed by atoms with E-state index in [1.54, 1.807) is 0 Å². The molecule has 1 aromatic heterocycles. The molecule has 0 fully saturated rings. The number of hydrogen-bond donors (Lipinski definition) is 2. The summed E-state index contributed by atoms with van der Waals surface area (Å²) in [5.41, 5.74) is 6.05. The lowest BCUT2D eigenvalue weighted by atomic mass is 10.2. The predicted molar refractivity (Wildman–Crippen MR) is 56.6 cm³/mol. The number of rotatable bonds is 4. The van der Waals surface area contributed by atoms with Gasteiger partial charge < -0.3 is 10.8 Å². The summed E-state index contributed by atoms with van der Waals surface area (Å²) in [5, 5.41) is 9.40. The highest BCUT2D eigenvalue weighted by molar-refractivity contribution is 7.99. The van der Waals surface area contributed by atoms with Gasteiger partial charge >= 0.3 is 5.97 Å². The number of pyridine rings is 1. The highest BCUT2D eigenvalue weighted by Crippen LogP contribution is 2.25. The Kier molecular flexibility index (Phi) is 3.76. The Morgan fingerprint density at radius 3 is 3.00 bits per heavy atom. The monoisotopic (exact) mass is 212 g/mol. The largest absolute Gasteiger partial charge is 0.478 e. The maximum atomic E-state index is 10.7. The number of carboxylic acids is 1. The lowest BCUT2D eigenvalue weighted by Gasteiger charge is -2.05. The van der Waals surface area contributed by atoms with Gasteiger partial charge in [0.1, 0.15) is 5.03 Å². The fraction of sp³-hybridized carbons (Fsp3) is 0.333. The highest BCUT2D eigenvalue weighted by Gasteiger charge is 2.11. The van der Waals surface area contributed by atoms with E-state index < -0.39 is 5.97 Å². The summed E-state index contributed by atoms with van der Waals surface area (Å²) in [7, 11) is 0. The SMILES string of the molecule is CCCSc1nccc(C(=O)O)c1N. The number of carboxylic acid groups (broad SMARTS) is 1. The minimum atomic E-state index is -1.01. The second-order valence-corrected chi connectivity index (χ2v) is 3.81. The van der Waals surface area contributed by atoms with Crippen LogP contribution in [0, 0.1) is 0 Å². The van der Waals surface area contributed by atoms with Crippen molar-refractivity contribution in [3.05, 3.63) is 17.8 Å². The van der Waals surface area contributed by atoms with Crippen molar-refractivity contribution in [3.63, 3.8) is 0 Å². The molecule has 0 aromatic carbocycles. The van der Waals surface area contributed by atoms with Gasteiger partial charge in [-0.2, -0.15) is 0 Å². The van der Waals surface area contributed by atoms with Crippen LogP contribution in [-0.4, -0.2) is 21.8 Å². The second-order valence-electron chi connectivity index (χ2n) is 2.73. The van der Waals surface area contributed by atoms with Crippen LogP contribution >= 0.6 is 11.8 Å². The molecule has 0 saturated heterocycles. The van der Waals surface area contributed by atoms with Crippen molar-refractivity contribution in [2.24, 2.45) is 0 Å². The van der Waals surface area contributed by atoms with Crippen LogP contribution in [0.15, 0.2) is 17.3 Å². The lowest BCUT2D eigenvalue weighted by Crippen LogP contribution is -2.04. The molecule has 1 aromatic rings. The zero-order chi connectivity index (χ0) is 10.6. The van der Waals surface area contributed by atoms with E-state index in [2.05, 4.69) is 4.98 Å². The highest BCUT2D eigenvalue weighted by atomic mass is 32.2. The van der Waals surface area contributed by atoms with Crippen LogP contribution in [0.2, 0.25) is 0 Å². The van der Waals surface area contributed by atoms with Crippen LogP contribution in [0.3, 0.4) is 0 Å². The minimum Gasteiger partial charge on any atom is -0.478 e. The molecule has 14 heavy (non-hydrogen) atoms. The maximum absolute atomic E-state index is 10.7. The van der Waals surface area contributed by atoms with E-state index in [1.807, 2.05) is 6.92 Å². The van der Waals surface area contributed by atoms with Gasteiger partial charge in [0.25, 0.3) is 0 Å². The molecule has 0 aliphatic carbocycles. The molecule has 3 N–H and O–H groups in total. The van der Waals surface area contributed by atoms with Gasteiger partial charge in [-0.05, 0) is 18.2 Å². The first kappa shape index (κ1) is 10.8. The first-order valence-corrected chi connectivity index (χ1v) is 5.26. The van der Waals surface area contributed by atoms with Crippen molar-refractivity contribution in [3.8, 4) is 0 Å². The number of thioether (sulfide) groups is 1. The second kappa shape index (κ2) is 4.85. The van der Waals surface area contributed by atoms with E-state index in [-0.39, 0.29) is 11.3 Å². The molecule has 0 unspecified atom stereocenters. The molecular weight excluding hydrogens is 200 g/mol. The molecule has 0 amide bonds. The Morgan fingerprint density at radius 1 is 1.71 bits per heavy atom. The third-order valence-corrected chi connectivity index (χ3v) is 2.84. The third-order valence-electron chi connectivity index (χ3n) is 1.63. The first-order chi connectivity index (χ1) is 6.66. The molecule has 5 heteroatoms. The summed E-state index contributed by atoms with van der Waals surface area (Å²) in [6.45, 7) is 2.05. The topological polar surface area (TPSA) is 76.2 Å². The van der Waals surface area contributed by atoms with Gasteiger partial charge in [-0.15, -0.1) is 11.8 Å². The first-order valence-electron chi connectivity index (χ1n) is 4.27. The Balaban J connectivity index is 2.95. The molecule has 0 spiro atoms. The Morgan fingerprint density at radius 2 is 2.43 bits per heavy atom. The molecule has 0 radical (unpaired) electrons. The van der Waals surface area contributed by atoms with Gasteiger partial charge in [0.05, 0.1) is 11.3 Å². The van der Waals surface area contributed by atoms with Crippen molar-refractivity contribution >= 4 is 23.4 Å². The van der Waals surface area contributed by atoms with Gasteiger partial charge in [-0.25, -0.2) is 9.78 Å². The van der Waals surface area contributed by atoms with E-state index in [4.69, 9.17) is 10.8 Å². The number of nitrogen functional groups attached to an aromatic ring is 1. The van der Waals surface area contributed by atoms with Crippen molar-refractivity contribution in [1.29, 1.82) is 0 Å². The quantitative estimate of drug-likeness (QED) is 0.745.